The Bertz CT molecular complexity index is 985. The van der Waals surface area contributed by atoms with E-state index in [0.29, 0.717) is 5.69 Å². The predicted molar refractivity (Wildman–Crippen MR) is 110 cm³/mol. The number of carbonyl (C=O) groups is 1. The van der Waals surface area contributed by atoms with Crippen LogP contribution in [0.1, 0.15) is 30.5 Å². The lowest BCUT2D eigenvalue weighted by Gasteiger charge is -2.33. The van der Waals surface area contributed by atoms with Crippen molar-refractivity contribution < 1.29 is 13.2 Å². The van der Waals surface area contributed by atoms with Gasteiger partial charge in [-0.1, -0.05) is 24.3 Å². The van der Waals surface area contributed by atoms with Crippen molar-refractivity contribution in [2.45, 2.75) is 46.2 Å². The molecule has 5 nitrogen and oxygen atoms in total. The zero-order chi connectivity index (χ0) is 19.9. The third-order valence-corrected chi connectivity index (χ3v) is 6.50. The Hall–Kier alpha value is -2.34. The molecule has 144 valence electrons. The molecule has 1 aliphatic rings. The van der Waals surface area contributed by atoms with E-state index in [9.17, 15) is 13.2 Å². The molecule has 0 saturated heterocycles. The maximum Gasteiger partial charge on any atom is 0.250 e. The third-order valence-electron chi connectivity index (χ3n) is 5.26. The smallest absolute Gasteiger partial charge is 0.250 e. The minimum Gasteiger partial charge on any atom is -0.307 e. The van der Waals surface area contributed by atoms with Crippen molar-refractivity contribution in [3.8, 4) is 0 Å². The number of hydrogen-bond donors (Lipinski definition) is 0. The summed E-state index contributed by atoms with van der Waals surface area (Å²) in [4.78, 5) is 15.1. The Morgan fingerprint density at radius 2 is 1.81 bits per heavy atom. The van der Waals surface area contributed by atoms with Crippen molar-refractivity contribution >= 4 is 27.3 Å². The fourth-order valence-electron chi connectivity index (χ4n) is 3.77. The van der Waals surface area contributed by atoms with Crippen molar-refractivity contribution in [1.82, 2.24) is 0 Å². The van der Waals surface area contributed by atoms with Crippen LogP contribution >= 0.6 is 0 Å². The Balaban J connectivity index is 2.01. The number of para-hydroxylation sites is 1. The molecular weight excluding hydrogens is 360 g/mol. The Morgan fingerprint density at radius 1 is 1.15 bits per heavy atom. The van der Waals surface area contributed by atoms with Gasteiger partial charge < -0.3 is 4.90 Å². The summed E-state index contributed by atoms with van der Waals surface area (Å²) >= 11 is 0. The summed E-state index contributed by atoms with van der Waals surface area (Å²) in [6.45, 7) is 7.56. The number of sulfonamides is 1. The second-order valence-corrected chi connectivity index (χ2v) is 9.25. The maximum absolute atomic E-state index is 13.4. The molecule has 27 heavy (non-hydrogen) atoms. The zero-order valence-corrected chi connectivity index (χ0v) is 17.2. The van der Waals surface area contributed by atoms with Gasteiger partial charge in [-0.2, -0.15) is 0 Å². The normalized spacial score (nSPS) is 17.5. The number of nitrogens with zero attached hydrogens (tertiary/aromatic N) is 2. The van der Waals surface area contributed by atoms with Gasteiger partial charge in [-0.25, -0.2) is 8.42 Å². The molecule has 2 aromatic carbocycles. The number of amides is 1. The molecule has 1 amide bonds. The van der Waals surface area contributed by atoms with Crippen LogP contribution in [0.25, 0.3) is 0 Å². The summed E-state index contributed by atoms with van der Waals surface area (Å²) in [5.74, 6) is -0.212. The SMILES string of the molecule is Cc1ccc(N([C@H](C)C(=O)N2c3ccccc3C[C@@H]2C)S(C)(=O)=O)cc1C. The minimum atomic E-state index is -3.63. The number of anilines is 2. The first kappa shape index (κ1) is 19.4. The Morgan fingerprint density at radius 3 is 2.44 bits per heavy atom. The Labute approximate surface area is 161 Å². The lowest BCUT2D eigenvalue weighted by molar-refractivity contribution is -0.119. The van der Waals surface area contributed by atoms with Crippen LogP contribution < -0.4 is 9.21 Å². The molecule has 0 aromatic heterocycles. The first-order valence-electron chi connectivity index (χ1n) is 9.09. The Kier molecular flexibility index (Phi) is 5.04. The minimum absolute atomic E-state index is 0.00138. The summed E-state index contributed by atoms with van der Waals surface area (Å²) in [5, 5.41) is 0. The number of fused-ring (bicyclic) bond motifs is 1. The van der Waals surface area contributed by atoms with Gasteiger partial charge in [0.25, 0.3) is 5.91 Å². The van der Waals surface area contributed by atoms with E-state index < -0.39 is 16.1 Å². The highest BCUT2D eigenvalue weighted by molar-refractivity contribution is 7.92. The van der Waals surface area contributed by atoms with Gasteiger partial charge in [0.15, 0.2) is 0 Å². The van der Waals surface area contributed by atoms with E-state index in [4.69, 9.17) is 0 Å². The monoisotopic (exact) mass is 386 g/mol. The standard InChI is InChI=1S/C21H26N2O3S/c1-14-10-11-19(12-15(14)2)23(27(5,25)26)17(4)21(24)22-16(3)13-18-8-6-7-9-20(18)22/h6-12,16-17H,13H2,1-5H3/t16-,17+/m0/s1. The summed E-state index contributed by atoms with van der Waals surface area (Å²) in [6, 6.07) is 12.4. The van der Waals surface area contributed by atoms with Gasteiger partial charge >= 0.3 is 0 Å². The highest BCUT2D eigenvalue weighted by atomic mass is 32.2. The molecule has 0 saturated carbocycles. The van der Waals surface area contributed by atoms with Crippen molar-refractivity contribution in [2.75, 3.05) is 15.5 Å². The van der Waals surface area contributed by atoms with Crippen LogP contribution in [0, 0.1) is 13.8 Å². The average Bonchev–Trinajstić information content (AvgIpc) is 2.92. The largest absolute Gasteiger partial charge is 0.307 e. The average molecular weight is 387 g/mol. The van der Waals surface area contributed by atoms with Crippen LogP contribution in [0.15, 0.2) is 42.5 Å². The van der Waals surface area contributed by atoms with E-state index in [-0.39, 0.29) is 11.9 Å². The van der Waals surface area contributed by atoms with Gasteiger partial charge in [-0.3, -0.25) is 9.10 Å². The van der Waals surface area contributed by atoms with Crippen molar-refractivity contribution in [3.05, 3.63) is 59.2 Å². The maximum atomic E-state index is 13.4. The van der Waals surface area contributed by atoms with E-state index in [0.717, 1.165) is 35.1 Å². The van der Waals surface area contributed by atoms with Gasteiger partial charge in [0, 0.05) is 11.7 Å². The summed E-state index contributed by atoms with van der Waals surface area (Å²) < 4.78 is 26.4. The molecule has 0 aliphatic carbocycles. The molecule has 0 unspecified atom stereocenters. The molecule has 3 rings (SSSR count). The van der Waals surface area contributed by atoms with Gasteiger partial charge in [-0.05, 0) is 69.0 Å². The fraction of sp³-hybridized carbons (Fsp3) is 0.381. The van der Waals surface area contributed by atoms with Gasteiger partial charge in [0.2, 0.25) is 10.0 Å². The van der Waals surface area contributed by atoms with E-state index in [1.165, 1.54) is 4.31 Å². The number of aryl methyl sites for hydroxylation is 2. The molecule has 0 N–H and O–H groups in total. The predicted octanol–water partition coefficient (Wildman–Crippen LogP) is 3.44. The van der Waals surface area contributed by atoms with Gasteiger partial charge in [0.05, 0.1) is 11.9 Å². The quantitative estimate of drug-likeness (QED) is 0.809. The number of rotatable bonds is 4. The first-order chi connectivity index (χ1) is 12.6. The van der Waals surface area contributed by atoms with Crippen LogP contribution in [0.5, 0.6) is 0 Å². The van der Waals surface area contributed by atoms with Crippen LogP contribution in [-0.2, 0) is 21.2 Å². The molecule has 6 heteroatoms. The molecule has 0 bridgehead atoms. The van der Waals surface area contributed by atoms with E-state index in [2.05, 4.69) is 0 Å². The summed E-state index contributed by atoms with van der Waals surface area (Å²) in [5.41, 5.74) is 4.56. The molecule has 1 aliphatic heterocycles. The van der Waals surface area contributed by atoms with E-state index in [1.54, 1.807) is 17.9 Å². The summed E-state index contributed by atoms with van der Waals surface area (Å²) in [6.07, 6.45) is 1.92. The number of benzene rings is 2. The molecule has 2 atom stereocenters. The number of carbonyl (C=O) groups excluding carboxylic acids is 1. The molecule has 0 radical (unpaired) electrons. The number of hydrogen-bond acceptors (Lipinski definition) is 3. The van der Waals surface area contributed by atoms with Crippen molar-refractivity contribution in [2.24, 2.45) is 0 Å². The lowest BCUT2D eigenvalue weighted by Crippen LogP contribution is -2.51. The van der Waals surface area contributed by atoms with Gasteiger partial charge in [0.1, 0.15) is 6.04 Å². The summed E-state index contributed by atoms with van der Waals surface area (Å²) in [7, 11) is -3.63. The lowest BCUT2D eigenvalue weighted by atomic mass is 10.1. The first-order valence-corrected chi connectivity index (χ1v) is 10.9. The third kappa shape index (κ3) is 3.58. The second kappa shape index (κ2) is 7.00. The highest BCUT2D eigenvalue weighted by Gasteiger charge is 2.37. The van der Waals surface area contributed by atoms with E-state index in [1.807, 2.05) is 57.2 Å². The second-order valence-electron chi connectivity index (χ2n) is 7.39. The van der Waals surface area contributed by atoms with Crippen molar-refractivity contribution in [1.29, 1.82) is 0 Å². The van der Waals surface area contributed by atoms with Crippen molar-refractivity contribution in [3.63, 3.8) is 0 Å². The molecule has 2 aromatic rings. The van der Waals surface area contributed by atoms with Crippen LogP contribution in [-0.4, -0.2) is 32.7 Å². The molecule has 0 fully saturated rings. The highest BCUT2D eigenvalue weighted by Crippen LogP contribution is 2.34. The van der Waals surface area contributed by atoms with Crippen LogP contribution in [0.2, 0.25) is 0 Å². The zero-order valence-electron chi connectivity index (χ0n) is 16.4. The molecular formula is C21H26N2O3S. The van der Waals surface area contributed by atoms with Crippen LogP contribution in [0.3, 0.4) is 0 Å². The van der Waals surface area contributed by atoms with Gasteiger partial charge in [-0.15, -0.1) is 0 Å². The fourth-order valence-corrected chi connectivity index (χ4v) is 4.93. The molecule has 0 spiro atoms. The molecule has 1 heterocycles. The topological polar surface area (TPSA) is 57.7 Å². The van der Waals surface area contributed by atoms with E-state index >= 15 is 0 Å². The van der Waals surface area contributed by atoms with Crippen LogP contribution in [0.4, 0.5) is 11.4 Å².